The minimum Gasteiger partial charge on any atom is -0.497 e. The lowest BCUT2D eigenvalue weighted by Crippen LogP contribution is -2.30. The van der Waals surface area contributed by atoms with Crippen LogP contribution in [-0.2, 0) is 14.3 Å². The molecule has 1 saturated carbocycles. The van der Waals surface area contributed by atoms with Crippen molar-refractivity contribution < 1.29 is 28.7 Å². The number of esters is 1. The molecule has 1 aliphatic carbocycles. The summed E-state index contributed by atoms with van der Waals surface area (Å²) in [7, 11) is 1.54. The van der Waals surface area contributed by atoms with E-state index < -0.39 is 12.6 Å². The second-order valence-corrected chi connectivity index (χ2v) is 12.5. The molecule has 1 saturated heterocycles. The molecule has 3 unspecified atom stereocenters. The fraction of sp³-hybridized carbons (Fsp3) is 0.286. The molecule has 9 heteroatoms. The maximum Gasteiger partial charge on any atom is 0.339 e. The molecule has 6 rings (SSSR count). The second-order valence-electron chi connectivity index (χ2n) is 11.6. The largest absolute Gasteiger partial charge is 0.497 e. The first kappa shape index (κ1) is 29.7. The van der Waals surface area contributed by atoms with E-state index in [4.69, 9.17) is 14.5 Å². The van der Waals surface area contributed by atoms with Gasteiger partial charge in [-0.3, -0.25) is 19.3 Å². The van der Waals surface area contributed by atoms with Crippen molar-refractivity contribution >= 4 is 56.1 Å². The smallest absolute Gasteiger partial charge is 0.339 e. The van der Waals surface area contributed by atoms with Crippen molar-refractivity contribution in [3.63, 3.8) is 0 Å². The van der Waals surface area contributed by atoms with Gasteiger partial charge in [-0.1, -0.05) is 35.0 Å². The number of methoxy groups -OCH3 is 1. The predicted molar refractivity (Wildman–Crippen MR) is 170 cm³/mol. The van der Waals surface area contributed by atoms with Gasteiger partial charge in [-0.2, -0.15) is 0 Å². The van der Waals surface area contributed by atoms with Crippen molar-refractivity contribution in [2.24, 2.45) is 17.8 Å². The van der Waals surface area contributed by atoms with Crippen LogP contribution in [0.3, 0.4) is 0 Å². The molecule has 224 valence electrons. The number of rotatable bonds is 7. The van der Waals surface area contributed by atoms with E-state index in [1.165, 1.54) is 4.90 Å². The number of aryl methyl sites for hydroxylation is 1. The van der Waals surface area contributed by atoms with E-state index in [-0.39, 0.29) is 35.0 Å². The monoisotopic (exact) mass is 654 g/mol. The minimum absolute atomic E-state index is 0.126. The van der Waals surface area contributed by atoms with Gasteiger partial charge in [-0.05, 0) is 92.3 Å². The number of carbonyl (C=O) groups is 4. The van der Waals surface area contributed by atoms with Gasteiger partial charge in [0.25, 0.3) is 0 Å². The van der Waals surface area contributed by atoms with Gasteiger partial charge >= 0.3 is 5.97 Å². The van der Waals surface area contributed by atoms with Crippen LogP contribution < -0.4 is 9.64 Å². The maximum atomic E-state index is 13.4. The van der Waals surface area contributed by atoms with Crippen LogP contribution in [0.1, 0.15) is 52.5 Å². The molecule has 1 aliphatic heterocycles. The van der Waals surface area contributed by atoms with Crippen molar-refractivity contribution in [2.75, 3.05) is 18.6 Å². The molecule has 2 amide bonds. The Bertz CT molecular complexity index is 1800. The van der Waals surface area contributed by atoms with Gasteiger partial charge in [0, 0.05) is 21.0 Å². The zero-order chi connectivity index (χ0) is 31.1. The van der Waals surface area contributed by atoms with Gasteiger partial charge in [-0.15, -0.1) is 0 Å². The highest BCUT2D eigenvalue weighted by molar-refractivity contribution is 9.10. The van der Waals surface area contributed by atoms with E-state index >= 15 is 0 Å². The van der Waals surface area contributed by atoms with Crippen LogP contribution in [0.25, 0.3) is 22.2 Å². The summed E-state index contributed by atoms with van der Waals surface area (Å²) >= 11 is 3.51. The molecule has 2 aliphatic rings. The summed E-state index contributed by atoms with van der Waals surface area (Å²) in [5.74, 6) is -0.687. The molecule has 3 aromatic carbocycles. The number of pyridine rings is 1. The van der Waals surface area contributed by atoms with Crippen LogP contribution in [0.5, 0.6) is 5.75 Å². The van der Waals surface area contributed by atoms with Crippen molar-refractivity contribution in [3.8, 4) is 17.0 Å². The minimum atomic E-state index is -0.653. The Balaban J connectivity index is 1.29. The van der Waals surface area contributed by atoms with Crippen molar-refractivity contribution in [3.05, 3.63) is 87.9 Å². The fourth-order valence-electron chi connectivity index (χ4n) is 6.27. The van der Waals surface area contributed by atoms with E-state index in [0.717, 1.165) is 29.3 Å². The Kier molecular flexibility index (Phi) is 8.07. The van der Waals surface area contributed by atoms with E-state index in [0.29, 0.717) is 45.1 Å². The van der Waals surface area contributed by atoms with Crippen LogP contribution in [-0.4, -0.2) is 42.3 Å². The Morgan fingerprint density at radius 3 is 2.36 bits per heavy atom. The maximum absolute atomic E-state index is 13.4. The van der Waals surface area contributed by atoms with Gasteiger partial charge in [0.15, 0.2) is 12.4 Å². The molecule has 2 fully saturated rings. The first-order valence-electron chi connectivity index (χ1n) is 14.6. The van der Waals surface area contributed by atoms with E-state index in [2.05, 4.69) is 22.9 Å². The molecule has 8 nitrogen and oxygen atoms in total. The topological polar surface area (TPSA) is 103 Å². The normalized spacial score (nSPS) is 19.6. The molecule has 4 aromatic rings. The van der Waals surface area contributed by atoms with Crippen molar-refractivity contribution in [1.29, 1.82) is 0 Å². The predicted octanol–water partition coefficient (Wildman–Crippen LogP) is 6.95. The molecule has 0 spiro atoms. The number of amides is 2. The number of hydrogen-bond donors (Lipinski definition) is 0. The third-order valence-electron chi connectivity index (χ3n) is 8.64. The molecule has 3 atom stereocenters. The summed E-state index contributed by atoms with van der Waals surface area (Å²) < 4.78 is 11.4. The summed E-state index contributed by atoms with van der Waals surface area (Å²) in [6.07, 6.45) is 2.44. The average Bonchev–Trinajstić information content (AvgIpc) is 3.27. The molecule has 0 bridgehead atoms. The lowest BCUT2D eigenvalue weighted by atomic mass is 9.76. The van der Waals surface area contributed by atoms with Gasteiger partial charge in [-0.25, -0.2) is 9.78 Å². The third kappa shape index (κ3) is 5.52. The van der Waals surface area contributed by atoms with Crippen molar-refractivity contribution in [1.82, 2.24) is 4.98 Å². The Labute approximate surface area is 263 Å². The zero-order valence-electron chi connectivity index (χ0n) is 24.6. The number of anilines is 1. The van der Waals surface area contributed by atoms with Crippen LogP contribution in [0.2, 0.25) is 0 Å². The lowest BCUT2D eigenvalue weighted by molar-refractivity contribution is -0.122. The van der Waals surface area contributed by atoms with E-state index in [1.54, 1.807) is 67.8 Å². The number of aromatic nitrogens is 1. The SMILES string of the molecule is COc1ccc(C(=O)COC(=O)c2cc(-c3ccc(N4C(=O)C5CCC(C)CC5C4=O)cc3)nc3c(C)cc(Br)cc23)cc1. The summed E-state index contributed by atoms with van der Waals surface area (Å²) in [5.41, 5.74) is 3.89. The number of nitrogens with zero attached hydrogens (tertiary/aromatic N) is 2. The number of fused-ring (bicyclic) bond motifs is 2. The van der Waals surface area contributed by atoms with Gasteiger partial charge in [0.05, 0.1) is 41.4 Å². The Morgan fingerprint density at radius 2 is 1.66 bits per heavy atom. The third-order valence-corrected chi connectivity index (χ3v) is 9.10. The van der Waals surface area contributed by atoms with Gasteiger partial charge < -0.3 is 9.47 Å². The summed E-state index contributed by atoms with van der Waals surface area (Å²) in [5, 5.41) is 0.587. The van der Waals surface area contributed by atoms with Crippen LogP contribution in [0.4, 0.5) is 5.69 Å². The molecule has 2 heterocycles. The Morgan fingerprint density at radius 1 is 0.955 bits per heavy atom. The lowest BCUT2D eigenvalue weighted by Gasteiger charge is -2.25. The number of Topliss-reactive ketones (excluding diaryl/α,β-unsaturated/α-hetero) is 1. The highest BCUT2D eigenvalue weighted by atomic mass is 79.9. The number of ketones is 1. The quantitative estimate of drug-likeness (QED) is 0.121. The fourth-order valence-corrected chi connectivity index (χ4v) is 6.84. The molecular formula is C35H31BrN2O6. The van der Waals surface area contributed by atoms with Crippen LogP contribution >= 0.6 is 15.9 Å². The van der Waals surface area contributed by atoms with Crippen LogP contribution in [0, 0.1) is 24.7 Å². The number of carbonyl (C=O) groups excluding carboxylic acids is 4. The summed E-state index contributed by atoms with van der Waals surface area (Å²) in [6, 6.07) is 19.0. The average molecular weight is 656 g/mol. The van der Waals surface area contributed by atoms with Gasteiger partial charge in [0.1, 0.15) is 5.75 Å². The molecule has 1 aromatic heterocycles. The van der Waals surface area contributed by atoms with Crippen molar-refractivity contribution in [2.45, 2.75) is 33.1 Å². The highest BCUT2D eigenvalue weighted by Gasteiger charge is 2.49. The molecule has 0 N–H and O–H groups in total. The second kappa shape index (κ2) is 12.0. The Hall–Kier alpha value is -4.37. The standard InChI is InChI=1S/C35H31BrN2O6/c1-19-4-13-26-28(14-19)34(41)38(33(26)40)24-9-5-21(6-10-24)30-17-29(27-16-23(36)15-20(2)32(27)37-30)35(42)44-18-31(39)22-7-11-25(43-3)12-8-22/h5-12,15-17,19,26,28H,4,13-14,18H2,1-3H3. The number of imide groups is 1. The zero-order valence-corrected chi connectivity index (χ0v) is 26.2. The first-order chi connectivity index (χ1) is 21.1. The number of hydrogen-bond acceptors (Lipinski definition) is 7. The molecule has 44 heavy (non-hydrogen) atoms. The number of benzene rings is 3. The number of ether oxygens (including phenoxy) is 2. The first-order valence-corrected chi connectivity index (χ1v) is 15.4. The van der Waals surface area contributed by atoms with E-state index in [1.807, 2.05) is 13.0 Å². The summed E-state index contributed by atoms with van der Waals surface area (Å²) in [6.45, 7) is 3.61. The molecule has 0 radical (unpaired) electrons. The van der Waals surface area contributed by atoms with Crippen LogP contribution in [0.15, 0.2) is 71.2 Å². The highest BCUT2D eigenvalue weighted by Crippen LogP contribution is 2.42. The van der Waals surface area contributed by atoms with E-state index in [9.17, 15) is 19.2 Å². The number of halogens is 1. The summed E-state index contributed by atoms with van der Waals surface area (Å²) in [4.78, 5) is 58.8. The molecular weight excluding hydrogens is 624 g/mol. The van der Waals surface area contributed by atoms with Gasteiger partial charge in [0.2, 0.25) is 11.8 Å².